The molecule has 0 amide bonds. The van der Waals surface area contributed by atoms with E-state index in [4.69, 9.17) is 28.9 Å². The predicted molar refractivity (Wildman–Crippen MR) is 66.8 cm³/mol. The van der Waals surface area contributed by atoms with Crippen molar-refractivity contribution in [3.05, 3.63) is 20.3 Å². The van der Waals surface area contributed by atoms with Crippen molar-refractivity contribution in [2.24, 2.45) is 11.7 Å². The average Bonchev–Trinajstić information content (AvgIpc) is 2.53. The molecule has 2 unspecified atom stereocenters. The number of thiophene rings is 1. The molecule has 1 heterocycles. The Bertz CT molecular complexity index is 316. The highest BCUT2D eigenvalue weighted by Crippen LogP contribution is 2.38. The van der Waals surface area contributed by atoms with E-state index in [-0.39, 0.29) is 5.92 Å². The van der Waals surface area contributed by atoms with Gasteiger partial charge in [-0.15, -0.1) is 11.3 Å². The highest BCUT2D eigenvalue weighted by molar-refractivity contribution is 7.20. The van der Waals surface area contributed by atoms with Crippen LogP contribution in [0.1, 0.15) is 31.4 Å². The standard InChI is InChI=1S/C10H15Cl2NOS/c1-2-3-6(5-13)9(14)7-4-8(11)15-10(7)12/h4,6,9,14H,2-3,5,13H2,1H3. The molecule has 1 rings (SSSR count). The van der Waals surface area contributed by atoms with E-state index in [1.54, 1.807) is 6.07 Å². The summed E-state index contributed by atoms with van der Waals surface area (Å²) in [4.78, 5) is 0. The van der Waals surface area contributed by atoms with Crippen molar-refractivity contribution in [3.8, 4) is 0 Å². The number of rotatable bonds is 5. The Balaban J connectivity index is 2.81. The van der Waals surface area contributed by atoms with E-state index in [9.17, 15) is 5.11 Å². The zero-order chi connectivity index (χ0) is 11.4. The summed E-state index contributed by atoms with van der Waals surface area (Å²) >= 11 is 13.1. The molecule has 3 N–H and O–H groups in total. The number of aliphatic hydroxyl groups is 1. The Labute approximate surface area is 104 Å². The van der Waals surface area contributed by atoms with Crippen LogP contribution in [-0.4, -0.2) is 11.7 Å². The Morgan fingerprint density at radius 2 is 2.20 bits per heavy atom. The highest BCUT2D eigenvalue weighted by atomic mass is 35.5. The van der Waals surface area contributed by atoms with E-state index in [0.717, 1.165) is 12.8 Å². The van der Waals surface area contributed by atoms with Crippen LogP contribution >= 0.6 is 34.5 Å². The number of halogens is 2. The number of nitrogens with two attached hydrogens (primary N) is 1. The minimum absolute atomic E-state index is 0.0539. The Morgan fingerprint density at radius 3 is 2.60 bits per heavy atom. The van der Waals surface area contributed by atoms with Crippen molar-refractivity contribution in [1.29, 1.82) is 0 Å². The van der Waals surface area contributed by atoms with Crippen LogP contribution < -0.4 is 5.73 Å². The fourth-order valence-corrected chi connectivity index (χ4v) is 3.12. The van der Waals surface area contributed by atoms with Crippen molar-refractivity contribution < 1.29 is 5.11 Å². The van der Waals surface area contributed by atoms with Gasteiger partial charge in [-0.3, -0.25) is 0 Å². The molecule has 0 aliphatic rings. The van der Waals surface area contributed by atoms with Crippen molar-refractivity contribution >= 4 is 34.5 Å². The summed E-state index contributed by atoms with van der Waals surface area (Å²) in [5.41, 5.74) is 6.33. The molecular weight excluding hydrogens is 253 g/mol. The van der Waals surface area contributed by atoms with Gasteiger partial charge in [-0.1, -0.05) is 36.5 Å². The molecule has 0 aliphatic heterocycles. The van der Waals surface area contributed by atoms with Crippen LogP contribution in [0.5, 0.6) is 0 Å². The predicted octanol–water partition coefficient (Wildman–Crippen LogP) is 3.46. The second-order valence-corrected chi connectivity index (χ2v) is 5.79. The van der Waals surface area contributed by atoms with E-state index in [1.165, 1.54) is 11.3 Å². The summed E-state index contributed by atoms with van der Waals surface area (Å²) in [5.74, 6) is 0.0539. The molecule has 2 nitrogen and oxygen atoms in total. The quantitative estimate of drug-likeness (QED) is 0.859. The first-order valence-electron chi connectivity index (χ1n) is 4.93. The maximum Gasteiger partial charge on any atom is 0.100 e. The lowest BCUT2D eigenvalue weighted by Crippen LogP contribution is -2.21. The monoisotopic (exact) mass is 267 g/mol. The Kier molecular flexibility index (Phi) is 5.36. The third-order valence-electron chi connectivity index (χ3n) is 2.41. The van der Waals surface area contributed by atoms with Gasteiger partial charge in [0.1, 0.15) is 4.34 Å². The first-order chi connectivity index (χ1) is 7.10. The molecule has 0 bridgehead atoms. The smallest absolute Gasteiger partial charge is 0.100 e. The van der Waals surface area contributed by atoms with Crippen LogP contribution in [-0.2, 0) is 0 Å². The zero-order valence-corrected chi connectivity index (χ0v) is 10.9. The molecule has 1 aromatic rings. The molecule has 1 aromatic heterocycles. The molecule has 0 aromatic carbocycles. The van der Waals surface area contributed by atoms with Crippen molar-refractivity contribution in [2.45, 2.75) is 25.9 Å². The minimum atomic E-state index is -0.605. The van der Waals surface area contributed by atoms with Gasteiger partial charge in [-0.05, 0) is 19.0 Å². The molecule has 5 heteroatoms. The van der Waals surface area contributed by atoms with Crippen molar-refractivity contribution in [1.82, 2.24) is 0 Å². The van der Waals surface area contributed by atoms with Gasteiger partial charge in [-0.2, -0.15) is 0 Å². The third-order valence-corrected chi connectivity index (χ3v) is 3.93. The number of hydrogen-bond donors (Lipinski definition) is 2. The summed E-state index contributed by atoms with van der Waals surface area (Å²) in [6.07, 6.45) is 1.28. The lowest BCUT2D eigenvalue weighted by molar-refractivity contribution is 0.107. The van der Waals surface area contributed by atoms with Gasteiger partial charge in [-0.25, -0.2) is 0 Å². The van der Waals surface area contributed by atoms with Crippen LogP contribution in [0, 0.1) is 5.92 Å². The molecule has 86 valence electrons. The van der Waals surface area contributed by atoms with Gasteiger partial charge >= 0.3 is 0 Å². The second-order valence-electron chi connectivity index (χ2n) is 3.51. The van der Waals surface area contributed by atoms with Crippen molar-refractivity contribution in [3.63, 3.8) is 0 Å². The van der Waals surface area contributed by atoms with Gasteiger partial charge in [0.05, 0.1) is 10.4 Å². The fraction of sp³-hybridized carbons (Fsp3) is 0.600. The molecule has 0 saturated carbocycles. The SMILES string of the molecule is CCCC(CN)C(O)c1cc(Cl)sc1Cl. The van der Waals surface area contributed by atoms with E-state index in [1.807, 2.05) is 0 Å². The second kappa shape index (κ2) is 6.06. The van der Waals surface area contributed by atoms with Gasteiger partial charge in [0.25, 0.3) is 0 Å². The summed E-state index contributed by atoms with van der Waals surface area (Å²) in [5, 5.41) is 10.1. The summed E-state index contributed by atoms with van der Waals surface area (Å²) < 4.78 is 1.16. The summed E-state index contributed by atoms with van der Waals surface area (Å²) in [6, 6.07) is 1.72. The van der Waals surface area contributed by atoms with Gasteiger partial charge in [0, 0.05) is 11.5 Å². The molecule has 2 atom stereocenters. The van der Waals surface area contributed by atoms with Gasteiger partial charge < -0.3 is 10.8 Å². The van der Waals surface area contributed by atoms with Gasteiger partial charge in [0.2, 0.25) is 0 Å². The van der Waals surface area contributed by atoms with Crippen molar-refractivity contribution in [2.75, 3.05) is 6.54 Å². The van der Waals surface area contributed by atoms with Crippen LogP contribution in [0.2, 0.25) is 8.67 Å². The fourth-order valence-electron chi connectivity index (χ4n) is 1.58. The molecule has 0 fully saturated rings. The van der Waals surface area contributed by atoms with Crippen LogP contribution in [0.15, 0.2) is 6.07 Å². The maximum absolute atomic E-state index is 10.1. The normalized spacial score (nSPS) is 15.3. The summed E-state index contributed by atoms with van der Waals surface area (Å²) in [7, 11) is 0. The van der Waals surface area contributed by atoms with E-state index >= 15 is 0 Å². The van der Waals surface area contributed by atoms with E-state index in [2.05, 4.69) is 6.92 Å². The number of aliphatic hydroxyl groups excluding tert-OH is 1. The summed E-state index contributed by atoms with van der Waals surface area (Å²) in [6.45, 7) is 2.52. The Hall–Kier alpha value is 0.200. The highest BCUT2D eigenvalue weighted by Gasteiger charge is 2.22. The zero-order valence-electron chi connectivity index (χ0n) is 8.54. The molecular formula is C10H15Cl2NOS. The Morgan fingerprint density at radius 1 is 1.53 bits per heavy atom. The largest absolute Gasteiger partial charge is 0.388 e. The van der Waals surface area contributed by atoms with E-state index < -0.39 is 6.10 Å². The molecule has 0 radical (unpaired) electrons. The first kappa shape index (κ1) is 13.3. The first-order valence-corrected chi connectivity index (χ1v) is 6.50. The molecule has 15 heavy (non-hydrogen) atoms. The molecule has 0 saturated heterocycles. The third kappa shape index (κ3) is 3.33. The average molecular weight is 268 g/mol. The van der Waals surface area contributed by atoms with Crippen LogP contribution in [0.4, 0.5) is 0 Å². The minimum Gasteiger partial charge on any atom is -0.388 e. The van der Waals surface area contributed by atoms with Gasteiger partial charge in [0.15, 0.2) is 0 Å². The van der Waals surface area contributed by atoms with E-state index in [0.29, 0.717) is 20.8 Å². The van der Waals surface area contributed by atoms with Crippen LogP contribution in [0.3, 0.4) is 0 Å². The molecule has 0 aliphatic carbocycles. The lowest BCUT2D eigenvalue weighted by Gasteiger charge is -2.20. The topological polar surface area (TPSA) is 46.2 Å². The molecule has 0 spiro atoms. The number of hydrogen-bond acceptors (Lipinski definition) is 3. The maximum atomic E-state index is 10.1. The van der Waals surface area contributed by atoms with Crippen LogP contribution in [0.25, 0.3) is 0 Å². The lowest BCUT2D eigenvalue weighted by atomic mass is 9.93.